The van der Waals surface area contributed by atoms with Crippen LogP contribution in [0.15, 0.2) is 41.9 Å². The zero-order valence-electron chi connectivity index (χ0n) is 13.5. The van der Waals surface area contributed by atoms with Crippen LogP contribution in [0, 0.1) is 11.6 Å². The number of halogens is 2. The van der Waals surface area contributed by atoms with Crippen LogP contribution in [-0.4, -0.2) is 28.8 Å². The second-order valence-electron chi connectivity index (χ2n) is 5.26. The molecule has 0 aliphatic carbocycles. The highest BCUT2D eigenvalue weighted by Crippen LogP contribution is 2.27. The van der Waals surface area contributed by atoms with Crippen molar-refractivity contribution in [3.8, 4) is 11.3 Å². The quantitative estimate of drug-likeness (QED) is 0.693. The van der Waals surface area contributed by atoms with E-state index in [1.807, 2.05) is 0 Å². The topological polar surface area (TPSA) is 73.2 Å². The summed E-state index contributed by atoms with van der Waals surface area (Å²) in [5, 5.41) is 8.40. The fourth-order valence-electron chi connectivity index (χ4n) is 2.33. The second kappa shape index (κ2) is 7.44. The van der Waals surface area contributed by atoms with E-state index >= 15 is 0 Å². The number of thiophene rings is 1. The zero-order valence-corrected chi connectivity index (χ0v) is 14.3. The summed E-state index contributed by atoms with van der Waals surface area (Å²) in [5.74, 6) is -2.53. The Bertz CT molecular complexity index is 948. The molecule has 2 aromatic heterocycles. The first-order valence-corrected chi connectivity index (χ1v) is 8.30. The number of nitrogens with one attached hydrogen (secondary N) is 1. The molecule has 0 aliphatic heterocycles. The fourth-order valence-corrected chi connectivity index (χ4v) is 3.15. The largest absolute Gasteiger partial charge is 0.465 e. The van der Waals surface area contributed by atoms with Crippen molar-refractivity contribution in [3.63, 3.8) is 0 Å². The number of anilines is 1. The fraction of sp³-hybridized carbons (Fsp3) is 0.118. The van der Waals surface area contributed by atoms with Gasteiger partial charge in [0, 0.05) is 23.5 Å². The van der Waals surface area contributed by atoms with Gasteiger partial charge in [0.15, 0.2) is 0 Å². The maximum atomic E-state index is 13.2. The molecule has 3 rings (SSSR count). The third-order valence-corrected chi connectivity index (χ3v) is 4.30. The molecule has 0 atom stereocenters. The van der Waals surface area contributed by atoms with Crippen LogP contribution < -0.4 is 5.32 Å². The van der Waals surface area contributed by atoms with Crippen molar-refractivity contribution in [2.24, 2.45) is 0 Å². The highest BCUT2D eigenvalue weighted by Gasteiger charge is 2.17. The number of methoxy groups -OCH3 is 1. The first-order valence-electron chi connectivity index (χ1n) is 7.42. The van der Waals surface area contributed by atoms with Crippen molar-refractivity contribution in [2.45, 2.75) is 6.54 Å². The van der Waals surface area contributed by atoms with Gasteiger partial charge < -0.3 is 10.1 Å². The Morgan fingerprint density at radius 1 is 1.23 bits per heavy atom. The molecule has 1 amide bonds. The Morgan fingerprint density at radius 2 is 1.96 bits per heavy atom. The standard InChI is InChI=1S/C17H13F2N3O3S/c1-25-17(24)16-13(3-5-26-16)14-2-4-22(21-14)9-15(23)20-12-7-10(18)6-11(19)8-12/h2-8H,9H2,1H3,(H,20,23). The number of benzene rings is 1. The van der Waals surface area contributed by atoms with Gasteiger partial charge in [-0.05, 0) is 29.6 Å². The number of nitrogens with zero attached hydrogens (tertiary/aromatic N) is 2. The van der Waals surface area contributed by atoms with Gasteiger partial charge in [-0.25, -0.2) is 13.6 Å². The Hall–Kier alpha value is -3.07. The third-order valence-electron chi connectivity index (χ3n) is 3.40. The van der Waals surface area contributed by atoms with Crippen LogP contribution in [0.5, 0.6) is 0 Å². The maximum absolute atomic E-state index is 13.2. The lowest BCUT2D eigenvalue weighted by Gasteiger charge is -2.06. The van der Waals surface area contributed by atoms with E-state index in [-0.39, 0.29) is 12.2 Å². The molecular weight excluding hydrogens is 364 g/mol. The Kier molecular flexibility index (Phi) is 5.08. The van der Waals surface area contributed by atoms with Crippen LogP contribution in [0.4, 0.5) is 14.5 Å². The minimum absolute atomic E-state index is 0.0192. The highest BCUT2D eigenvalue weighted by atomic mass is 32.1. The molecule has 0 saturated heterocycles. The lowest BCUT2D eigenvalue weighted by molar-refractivity contribution is -0.116. The van der Waals surface area contributed by atoms with E-state index in [1.165, 1.54) is 23.1 Å². The third kappa shape index (κ3) is 3.94. The Balaban J connectivity index is 1.71. The number of carbonyl (C=O) groups excluding carboxylic acids is 2. The summed E-state index contributed by atoms with van der Waals surface area (Å²) in [6.45, 7) is -0.157. The van der Waals surface area contributed by atoms with Gasteiger partial charge in [0.25, 0.3) is 0 Å². The van der Waals surface area contributed by atoms with Crippen molar-refractivity contribution in [2.75, 3.05) is 12.4 Å². The summed E-state index contributed by atoms with van der Waals surface area (Å²) in [7, 11) is 1.30. The van der Waals surface area contributed by atoms with Gasteiger partial charge in [-0.15, -0.1) is 11.3 Å². The molecule has 0 spiro atoms. The molecule has 9 heteroatoms. The summed E-state index contributed by atoms with van der Waals surface area (Å²) in [6, 6.07) is 6.14. The van der Waals surface area contributed by atoms with Crippen LogP contribution in [-0.2, 0) is 16.1 Å². The van der Waals surface area contributed by atoms with Crippen molar-refractivity contribution in [1.29, 1.82) is 0 Å². The molecule has 0 radical (unpaired) electrons. The summed E-state index contributed by atoms with van der Waals surface area (Å²) in [5.41, 5.74) is 1.13. The number of amides is 1. The predicted molar refractivity (Wildman–Crippen MR) is 91.9 cm³/mol. The molecule has 0 saturated carbocycles. The zero-order chi connectivity index (χ0) is 18.7. The summed E-state index contributed by atoms with van der Waals surface area (Å²) in [6.07, 6.45) is 1.57. The number of hydrogen-bond donors (Lipinski definition) is 1. The molecule has 0 aliphatic rings. The monoisotopic (exact) mass is 377 g/mol. The van der Waals surface area contributed by atoms with Crippen LogP contribution >= 0.6 is 11.3 Å². The lowest BCUT2D eigenvalue weighted by Crippen LogP contribution is -2.19. The van der Waals surface area contributed by atoms with Crippen LogP contribution in [0.25, 0.3) is 11.3 Å². The van der Waals surface area contributed by atoms with Crippen molar-refractivity contribution < 1.29 is 23.1 Å². The van der Waals surface area contributed by atoms with E-state index in [0.29, 0.717) is 16.1 Å². The van der Waals surface area contributed by atoms with Gasteiger partial charge in [-0.1, -0.05) is 0 Å². The Labute approximate surface area is 151 Å². The lowest BCUT2D eigenvalue weighted by atomic mass is 10.2. The number of rotatable bonds is 5. The van der Waals surface area contributed by atoms with Gasteiger partial charge in [0.05, 0.1) is 12.8 Å². The number of ether oxygens (including phenoxy) is 1. The molecular formula is C17H13F2N3O3S. The molecule has 0 fully saturated rings. The summed E-state index contributed by atoms with van der Waals surface area (Å²) in [4.78, 5) is 24.2. The molecule has 1 aromatic carbocycles. The van der Waals surface area contributed by atoms with E-state index in [9.17, 15) is 18.4 Å². The minimum Gasteiger partial charge on any atom is -0.465 e. The average molecular weight is 377 g/mol. The molecule has 134 valence electrons. The number of aromatic nitrogens is 2. The molecule has 26 heavy (non-hydrogen) atoms. The van der Waals surface area contributed by atoms with Crippen molar-refractivity contribution >= 4 is 28.9 Å². The van der Waals surface area contributed by atoms with Gasteiger partial charge in [0.1, 0.15) is 23.1 Å². The van der Waals surface area contributed by atoms with Crippen LogP contribution in [0.1, 0.15) is 9.67 Å². The van der Waals surface area contributed by atoms with E-state index in [0.717, 1.165) is 18.2 Å². The average Bonchev–Trinajstić information content (AvgIpc) is 3.21. The second-order valence-corrected chi connectivity index (χ2v) is 6.18. The SMILES string of the molecule is COC(=O)c1sccc1-c1ccn(CC(=O)Nc2cc(F)cc(F)c2)n1. The molecule has 3 aromatic rings. The van der Waals surface area contributed by atoms with Gasteiger partial charge in [0.2, 0.25) is 5.91 Å². The molecule has 2 heterocycles. The van der Waals surface area contributed by atoms with Gasteiger partial charge >= 0.3 is 5.97 Å². The molecule has 1 N–H and O–H groups in total. The maximum Gasteiger partial charge on any atom is 0.348 e. The van der Waals surface area contributed by atoms with Crippen LogP contribution in [0.2, 0.25) is 0 Å². The van der Waals surface area contributed by atoms with E-state index in [4.69, 9.17) is 4.74 Å². The molecule has 6 nitrogen and oxygen atoms in total. The van der Waals surface area contributed by atoms with E-state index in [2.05, 4.69) is 10.4 Å². The Morgan fingerprint density at radius 3 is 2.65 bits per heavy atom. The van der Waals surface area contributed by atoms with Gasteiger partial charge in [-0.2, -0.15) is 5.10 Å². The molecule has 0 unspecified atom stereocenters. The molecule has 0 bridgehead atoms. The van der Waals surface area contributed by atoms with Gasteiger partial charge in [-0.3, -0.25) is 9.48 Å². The number of carbonyl (C=O) groups is 2. The van der Waals surface area contributed by atoms with Crippen molar-refractivity contribution in [1.82, 2.24) is 9.78 Å². The number of hydrogen-bond acceptors (Lipinski definition) is 5. The summed E-state index contributed by atoms with van der Waals surface area (Å²) < 4.78 is 32.4. The minimum atomic E-state index is -0.783. The van der Waals surface area contributed by atoms with Crippen LogP contribution in [0.3, 0.4) is 0 Å². The normalized spacial score (nSPS) is 10.6. The number of esters is 1. The summed E-state index contributed by atoms with van der Waals surface area (Å²) >= 11 is 1.23. The first-order chi connectivity index (χ1) is 12.5. The smallest absolute Gasteiger partial charge is 0.348 e. The van der Waals surface area contributed by atoms with Crippen molar-refractivity contribution in [3.05, 3.63) is 58.4 Å². The van der Waals surface area contributed by atoms with E-state index in [1.54, 1.807) is 23.7 Å². The first kappa shape index (κ1) is 17.7. The highest BCUT2D eigenvalue weighted by molar-refractivity contribution is 7.12. The van der Waals surface area contributed by atoms with E-state index < -0.39 is 23.5 Å². The predicted octanol–water partition coefficient (Wildman–Crippen LogP) is 3.32.